The molecule has 1 atom stereocenters. The van der Waals surface area contributed by atoms with Crippen molar-refractivity contribution in [3.63, 3.8) is 0 Å². The second-order valence-corrected chi connectivity index (χ2v) is 3.76. The zero-order chi connectivity index (χ0) is 12.7. The monoisotopic (exact) mass is 237 g/mol. The van der Waals surface area contributed by atoms with Crippen LogP contribution in [0.1, 0.15) is 31.4 Å². The van der Waals surface area contributed by atoms with Gasteiger partial charge in [0.15, 0.2) is 0 Å². The Morgan fingerprint density at radius 3 is 2.53 bits per heavy atom. The van der Waals surface area contributed by atoms with Crippen molar-refractivity contribution in [2.24, 2.45) is 5.73 Å². The summed E-state index contributed by atoms with van der Waals surface area (Å²) in [6.45, 7) is 2.37. The third-order valence-electron chi connectivity index (χ3n) is 2.55. The quantitative estimate of drug-likeness (QED) is 0.769. The van der Waals surface area contributed by atoms with Crippen molar-refractivity contribution in [2.75, 3.05) is 13.7 Å². The second kappa shape index (κ2) is 6.91. The average Bonchev–Trinajstić information content (AvgIpc) is 2.38. The minimum atomic E-state index is -0.269. The topological polar surface area (TPSA) is 61.5 Å². The third-order valence-corrected chi connectivity index (χ3v) is 2.55. The van der Waals surface area contributed by atoms with Gasteiger partial charge in [-0.25, -0.2) is 0 Å². The van der Waals surface area contributed by atoms with Crippen LogP contribution in [0.4, 0.5) is 0 Å². The van der Waals surface area contributed by atoms with Crippen LogP contribution >= 0.6 is 0 Å². The molecule has 1 aromatic rings. The molecule has 0 unspecified atom stereocenters. The first-order chi connectivity index (χ1) is 8.17. The van der Waals surface area contributed by atoms with Crippen LogP contribution in [0.3, 0.4) is 0 Å². The molecule has 0 amide bonds. The number of methoxy groups -OCH3 is 1. The number of esters is 1. The highest BCUT2D eigenvalue weighted by molar-refractivity contribution is 5.69. The fourth-order valence-electron chi connectivity index (χ4n) is 1.40. The first-order valence-electron chi connectivity index (χ1n) is 5.72. The third kappa shape index (κ3) is 4.44. The summed E-state index contributed by atoms with van der Waals surface area (Å²) in [5, 5.41) is 0. The molecule has 0 aromatic heterocycles. The van der Waals surface area contributed by atoms with Crippen LogP contribution in [0.15, 0.2) is 24.3 Å². The molecule has 94 valence electrons. The van der Waals surface area contributed by atoms with Gasteiger partial charge in [0.1, 0.15) is 5.75 Å². The number of ether oxygens (including phenoxy) is 2. The number of nitrogens with two attached hydrogens (primary N) is 1. The van der Waals surface area contributed by atoms with Gasteiger partial charge in [-0.15, -0.1) is 0 Å². The fraction of sp³-hybridized carbons (Fsp3) is 0.462. The second-order valence-electron chi connectivity index (χ2n) is 3.76. The van der Waals surface area contributed by atoms with Crippen molar-refractivity contribution in [1.82, 2.24) is 0 Å². The number of hydrogen-bond donors (Lipinski definition) is 1. The molecule has 0 spiro atoms. The Bertz CT molecular complexity index is 348. The summed E-state index contributed by atoms with van der Waals surface area (Å²) >= 11 is 0. The molecule has 17 heavy (non-hydrogen) atoms. The molecule has 2 N–H and O–H groups in total. The summed E-state index contributed by atoms with van der Waals surface area (Å²) in [5.41, 5.74) is 6.99. The van der Waals surface area contributed by atoms with Crippen LogP contribution in [0.25, 0.3) is 0 Å². The molecule has 0 aliphatic carbocycles. The summed E-state index contributed by atoms with van der Waals surface area (Å²) < 4.78 is 9.92. The highest BCUT2D eigenvalue weighted by atomic mass is 16.5. The van der Waals surface area contributed by atoms with Crippen LogP contribution in [-0.4, -0.2) is 19.7 Å². The van der Waals surface area contributed by atoms with Gasteiger partial charge < -0.3 is 15.2 Å². The first kappa shape index (κ1) is 13.5. The van der Waals surface area contributed by atoms with E-state index >= 15 is 0 Å². The maximum absolute atomic E-state index is 10.9. The number of rotatable bonds is 6. The van der Waals surface area contributed by atoms with Gasteiger partial charge in [-0.3, -0.25) is 4.79 Å². The molecule has 4 nitrogen and oxygen atoms in total. The molecule has 1 aromatic carbocycles. The molecule has 0 fully saturated rings. The predicted molar refractivity (Wildman–Crippen MR) is 65.8 cm³/mol. The summed E-state index contributed by atoms with van der Waals surface area (Å²) in [6.07, 6.45) is 1.16. The lowest BCUT2D eigenvalue weighted by atomic mass is 10.1. The Labute approximate surface area is 102 Å². The zero-order valence-electron chi connectivity index (χ0n) is 10.3. The van der Waals surface area contributed by atoms with E-state index in [1.54, 1.807) is 0 Å². The standard InChI is InChI=1S/C13H19NO3/c1-3-12(14)10-4-6-11(7-5-10)17-9-8-13(15)16-2/h4-7,12H,3,8-9,14H2,1-2H3/t12-/m0/s1. The highest BCUT2D eigenvalue weighted by Crippen LogP contribution is 2.18. The zero-order valence-corrected chi connectivity index (χ0v) is 10.3. The van der Waals surface area contributed by atoms with E-state index < -0.39 is 0 Å². The van der Waals surface area contributed by atoms with E-state index in [4.69, 9.17) is 10.5 Å². The number of carbonyl (C=O) groups excluding carboxylic acids is 1. The van der Waals surface area contributed by atoms with Gasteiger partial charge in [0.2, 0.25) is 0 Å². The van der Waals surface area contributed by atoms with Crippen LogP contribution in [0.2, 0.25) is 0 Å². The van der Waals surface area contributed by atoms with Gasteiger partial charge in [0.25, 0.3) is 0 Å². The SMILES string of the molecule is CC[C@H](N)c1ccc(OCCC(=O)OC)cc1. The van der Waals surface area contributed by atoms with Crippen molar-refractivity contribution in [3.05, 3.63) is 29.8 Å². The fourth-order valence-corrected chi connectivity index (χ4v) is 1.40. The van der Waals surface area contributed by atoms with E-state index in [9.17, 15) is 4.79 Å². The number of carbonyl (C=O) groups is 1. The molecule has 0 heterocycles. The minimum absolute atomic E-state index is 0.0686. The molecular weight excluding hydrogens is 218 g/mol. The molecular formula is C13H19NO3. The smallest absolute Gasteiger partial charge is 0.308 e. The molecule has 4 heteroatoms. The van der Waals surface area contributed by atoms with E-state index in [1.165, 1.54) is 7.11 Å². The van der Waals surface area contributed by atoms with E-state index in [1.807, 2.05) is 31.2 Å². The van der Waals surface area contributed by atoms with Crippen LogP contribution in [-0.2, 0) is 9.53 Å². The summed E-state index contributed by atoms with van der Waals surface area (Å²) in [7, 11) is 1.36. The maximum Gasteiger partial charge on any atom is 0.308 e. The molecule has 0 saturated heterocycles. The minimum Gasteiger partial charge on any atom is -0.493 e. The molecule has 1 rings (SSSR count). The van der Waals surface area contributed by atoms with Crippen molar-refractivity contribution in [1.29, 1.82) is 0 Å². The molecule has 0 saturated carbocycles. The normalized spacial score (nSPS) is 11.9. The Kier molecular flexibility index (Phi) is 5.49. The van der Waals surface area contributed by atoms with Gasteiger partial charge in [-0.05, 0) is 24.1 Å². The van der Waals surface area contributed by atoms with Gasteiger partial charge >= 0.3 is 5.97 Å². The van der Waals surface area contributed by atoms with Gasteiger partial charge in [0.05, 0.1) is 20.1 Å². The van der Waals surface area contributed by atoms with E-state index in [0.717, 1.165) is 17.7 Å². The van der Waals surface area contributed by atoms with Crippen molar-refractivity contribution in [2.45, 2.75) is 25.8 Å². The summed E-state index contributed by atoms with van der Waals surface area (Å²) in [4.78, 5) is 10.9. The lowest BCUT2D eigenvalue weighted by Gasteiger charge is -2.10. The van der Waals surface area contributed by atoms with E-state index in [0.29, 0.717) is 6.61 Å². The predicted octanol–water partition coefficient (Wildman–Crippen LogP) is 2.04. The Balaban J connectivity index is 2.43. The lowest BCUT2D eigenvalue weighted by Crippen LogP contribution is -2.09. The molecule has 0 aliphatic rings. The number of benzene rings is 1. The largest absolute Gasteiger partial charge is 0.493 e. The van der Waals surface area contributed by atoms with Gasteiger partial charge in [-0.2, -0.15) is 0 Å². The van der Waals surface area contributed by atoms with E-state index in [2.05, 4.69) is 4.74 Å². The molecule has 0 radical (unpaired) electrons. The molecule has 0 bridgehead atoms. The van der Waals surface area contributed by atoms with Gasteiger partial charge in [-0.1, -0.05) is 19.1 Å². The lowest BCUT2D eigenvalue weighted by molar-refractivity contribution is -0.141. The van der Waals surface area contributed by atoms with Crippen LogP contribution in [0, 0.1) is 0 Å². The van der Waals surface area contributed by atoms with Crippen LogP contribution in [0.5, 0.6) is 5.75 Å². The molecule has 0 aliphatic heterocycles. The Morgan fingerprint density at radius 1 is 1.35 bits per heavy atom. The van der Waals surface area contributed by atoms with Crippen LogP contribution < -0.4 is 10.5 Å². The number of hydrogen-bond acceptors (Lipinski definition) is 4. The van der Waals surface area contributed by atoms with Crippen molar-refractivity contribution < 1.29 is 14.3 Å². The Morgan fingerprint density at radius 2 is 2.00 bits per heavy atom. The average molecular weight is 237 g/mol. The Hall–Kier alpha value is -1.55. The highest BCUT2D eigenvalue weighted by Gasteiger charge is 2.04. The van der Waals surface area contributed by atoms with Crippen molar-refractivity contribution in [3.8, 4) is 5.75 Å². The van der Waals surface area contributed by atoms with E-state index in [-0.39, 0.29) is 18.4 Å². The maximum atomic E-state index is 10.9. The first-order valence-corrected chi connectivity index (χ1v) is 5.72. The van der Waals surface area contributed by atoms with Crippen molar-refractivity contribution >= 4 is 5.97 Å². The summed E-state index contributed by atoms with van der Waals surface area (Å²) in [5.74, 6) is 0.468. The van der Waals surface area contributed by atoms with Gasteiger partial charge in [0, 0.05) is 6.04 Å². The summed E-state index contributed by atoms with van der Waals surface area (Å²) in [6, 6.07) is 7.69.